The molecule has 0 aliphatic heterocycles. The molecule has 0 aliphatic carbocycles. The fraction of sp³-hybridized carbons (Fsp3) is 0.143. The molecule has 0 saturated heterocycles. The third-order valence-electron chi connectivity index (χ3n) is 2.37. The first-order chi connectivity index (χ1) is 9.19. The standard InChI is InChI=1S/C14H13NO3S/c1-2-3-4-12(17)18-13-9-15-14(19-13)10-5-7-11(16)8-6-10/h2,5-9,16H,1,3-4H2. The Hall–Kier alpha value is -2.14. The van der Waals surface area contributed by atoms with Crippen LogP contribution in [0, 0.1) is 0 Å². The first-order valence-electron chi connectivity index (χ1n) is 5.76. The van der Waals surface area contributed by atoms with Gasteiger partial charge in [0.15, 0.2) is 0 Å². The van der Waals surface area contributed by atoms with Crippen molar-refractivity contribution in [3.05, 3.63) is 43.1 Å². The maximum absolute atomic E-state index is 11.4. The molecule has 0 radical (unpaired) electrons. The number of hydrogen-bond acceptors (Lipinski definition) is 5. The molecule has 1 heterocycles. The number of carbonyl (C=O) groups is 1. The third kappa shape index (κ3) is 3.66. The van der Waals surface area contributed by atoms with E-state index in [2.05, 4.69) is 11.6 Å². The van der Waals surface area contributed by atoms with Crippen molar-refractivity contribution in [3.8, 4) is 21.4 Å². The van der Waals surface area contributed by atoms with Crippen molar-refractivity contribution in [2.24, 2.45) is 0 Å². The minimum absolute atomic E-state index is 0.205. The third-order valence-corrected chi connectivity index (χ3v) is 3.29. The summed E-state index contributed by atoms with van der Waals surface area (Å²) in [6, 6.07) is 6.70. The predicted octanol–water partition coefficient (Wildman–Crippen LogP) is 3.39. The summed E-state index contributed by atoms with van der Waals surface area (Å²) in [4.78, 5) is 15.6. The average molecular weight is 275 g/mol. The van der Waals surface area contributed by atoms with Gasteiger partial charge in [0.2, 0.25) is 5.06 Å². The summed E-state index contributed by atoms with van der Waals surface area (Å²) in [6.45, 7) is 3.55. The van der Waals surface area contributed by atoms with Crippen molar-refractivity contribution in [3.63, 3.8) is 0 Å². The zero-order valence-corrected chi connectivity index (χ0v) is 11.0. The van der Waals surface area contributed by atoms with Gasteiger partial charge in [-0.3, -0.25) is 4.79 Å². The van der Waals surface area contributed by atoms with Crippen LogP contribution in [-0.4, -0.2) is 16.1 Å². The number of hydrogen-bond donors (Lipinski definition) is 1. The molecule has 4 nitrogen and oxygen atoms in total. The molecule has 0 aliphatic rings. The van der Waals surface area contributed by atoms with Gasteiger partial charge in [-0.1, -0.05) is 17.4 Å². The van der Waals surface area contributed by atoms with Gasteiger partial charge in [-0.15, -0.1) is 6.58 Å². The van der Waals surface area contributed by atoms with Gasteiger partial charge in [0.25, 0.3) is 0 Å². The minimum atomic E-state index is -0.291. The molecular weight excluding hydrogens is 262 g/mol. The second-order valence-corrected chi connectivity index (χ2v) is 4.83. The fourth-order valence-electron chi connectivity index (χ4n) is 1.43. The monoisotopic (exact) mass is 275 g/mol. The second kappa shape index (κ2) is 6.15. The second-order valence-electron chi connectivity index (χ2n) is 3.83. The Morgan fingerprint density at radius 3 is 2.84 bits per heavy atom. The van der Waals surface area contributed by atoms with E-state index in [0.717, 1.165) is 10.6 Å². The van der Waals surface area contributed by atoms with Gasteiger partial charge in [-0.2, -0.15) is 0 Å². The number of benzene rings is 1. The van der Waals surface area contributed by atoms with Crippen molar-refractivity contribution < 1.29 is 14.6 Å². The summed E-state index contributed by atoms with van der Waals surface area (Å²) < 4.78 is 5.16. The van der Waals surface area contributed by atoms with E-state index in [1.54, 1.807) is 30.3 Å². The van der Waals surface area contributed by atoms with Crippen LogP contribution in [0.5, 0.6) is 10.8 Å². The molecule has 0 atom stereocenters. The van der Waals surface area contributed by atoms with Gasteiger partial charge in [-0.25, -0.2) is 4.98 Å². The van der Waals surface area contributed by atoms with Crippen LogP contribution in [0.1, 0.15) is 12.8 Å². The van der Waals surface area contributed by atoms with Gasteiger partial charge < -0.3 is 9.84 Å². The van der Waals surface area contributed by atoms with Crippen LogP contribution >= 0.6 is 11.3 Å². The van der Waals surface area contributed by atoms with Crippen molar-refractivity contribution in [1.82, 2.24) is 4.98 Å². The van der Waals surface area contributed by atoms with E-state index in [4.69, 9.17) is 4.74 Å². The minimum Gasteiger partial charge on any atom is -0.508 e. The number of thiazole rings is 1. The summed E-state index contributed by atoms with van der Waals surface area (Å²) in [6.07, 6.45) is 4.12. The van der Waals surface area contributed by atoms with Crippen LogP contribution in [0.15, 0.2) is 43.1 Å². The van der Waals surface area contributed by atoms with Crippen molar-refractivity contribution in [2.75, 3.05) is 0 Å². The molecule has 2 rings (SSSR count). The molecule has 0 fully saturated rings. The van der Waals surface area contributed by atoms with Crippen LogP contribution < -0.4 is 4.74 Å². The Morgan fingerprint density at radius 2 is 2.16 bits per heavy atom. The van der Waals surface area contributed by atoms with E-state index in [9.17, 15) is 9.90 Å². The fourth-order valence-corrected chi connectivity index (χ4v) is 2.22. The molecule has 0 spiro atoms. The summed E-state index contributed by atoms with van der Waals surface area (Å²) in [5.74, 6) is -0.0859. The quantitative estimate of drug-likeness (QED) is 0.671. The highest BCUT2D eigenvalue weighted by Gasteiger charge is 2.09. The van der Waals surface area contributed by atoms with Crippen LogP contribution in [0.25, 0.3) is 10.6 Å². The molecule has 1 aromatic heterocycles. The molecule has 98 valence electrons. The number of aromatic hydroxyl groups is 1. The van der Waals surface area contributed by atoms with Gasteiger partial charge >= 0.3 is 5.97 Å². The van der Waals surface area contributed by atoms with E-state index >= 15 is 0 Å². The first-order valence-corrected chi connectivity index (χ1v) is 6.57. The van der Waals surface area contributed by atoms with Crippen molar-refractivity contribution >= 4 is 17.3 Å². The topological polar surface area (TPSA) is 59.4 Å². The number of aromatic nitrogens is 1. The summed E-state index contributed by atoms with van der Waals surface area (Å²) in [5.41, 5.74) is 0.871. The maximum atomic E-state index is 11.4. The van der Waals surface area contributed by atoms with Gasteiger partial charge in [0, 0.05) is 12.0 Å². The van der Waals surface area contributed by atoms with E-state index in [0.29, 0.717) is 17.9 Å². The average Bonchev–Trinajstić information content (AvgIpc) is 2.85. The van der Waals surface area contributed by atoms with Crippen molar-refractivity contribution in [2.45, 2.75) is 12.8 Å². The van der Waals surface area contributed by atoms with Crippen LogP contribution in [0.2, 0.25) is 0 Å². The Bertz CT molecular complexity index is 575. The van der Waals surface area contributed by atoms with Gasteiger partial charge in [0.05, 0.1) is 6.20 Å². The molecule has 1 aromatic carbocycles. The number of esters is 1. The highest BCUT2D eigenvalue weighted by Crippen LogP contribution is 2.31. The van der Waals surface area contributed by atoms with Crippen LogP contribution in [0.4, 0.5) is 0 Å². The normalized spacial score (nSPS) is 10.1. The number of allylic oxidation sites excluding steroid dienone is 1. The Morgan fingerprint density at radius 1 is 1.42 bits per heavy atom. The lowest BCUT2D eigenvalue weighted by molar-refractivity contribution is -0.134. The highest BCUT2D eigenvalue weighted by molar-refractivity contribution is 7.16. The lowest BCUT2D eigenvalue weighted by atomic mass is 10.2. The lowest BCUT2D eigenvalue weighted by Gasteiger charge is -1.98. The Balaban J connectivity index is 2.04. The molecule has 19 heavy (non-hydrogen) atoms. The van der Waals surface area contributed by atoms with Crippen LogP contribution in [-0.2, 0) is 4.79 Å². The van der Waals surface area contributed by atoms with E-state index in [1.807, 2.05) is 0 Å². The molecule has 5 heteroatoms. The van der Waals surface area contributed by atoms with Gasteiger partial charge in [0.1, 0.15) is 10.8 Å². The molecule has 0 bridgehead atoms. The van der Waals surface area contributed by atoms with E-state index < -0.39 is 0 Å². The molecule has 0 amide bonds. The van der Waals surface area contributed by atoms with E-state index in [-0.39, 0.29) is 11.7 Å². The number of phenols is 1. The zero-order valence-electron chi connectivity index (χ0n) is 10.2. The zero-order chi connectivity index (χ0) is 13.7. The number of phenolic OH excluding ortho intramolecular Hbond substituents is 1. The highest BCUT2D eigenvalue weighted by atomic mass is 32.1. The Kier molecular flexibility index (Phi) is 4.30. The summed E-state index contributed by atoms with van der Waals surface area (Å²) in [7, 11) is 0. The summed E-state index contributed by atoms with van der Waals surface area (Å²) >= 11 is 1.29. The smallest absolute Gasteiger partial charge is 0.312 e. The maximum Gasteiger partial charge on any atom is 0.312 e. The van der Waals surface area contributed by atoms with Crippen LogP contribution in [0.3, 0.4) is 0 Å². The number of nitrogens with zero attached hydrogens (tertiary/aromatic N) is 1. The number of rotatable bonds is 5. The molecule has 2 aromatic rings. The number of ether oxygens (including phenoxy) is 1. The Labute approximate surface area is 115 Å². The first kappa shape index (κ1) is 13.3. The molecular formula is C14H13NO3S. The molecule has 0 unspecified atom stereocenters. The number of carbonyl (C=O) groups excluding carboxylic acids is 1. The lowest BCUT2D eigenvalue weighted by Crippen LogP contribution is -2.05. The predicted molar refractivity (Wildman–Crippen MR) is 74.3 cm³/mol. The summed E-state index contributed by atoms with van der Waals surface area (Å²) in [5, 5.41) is 10.4. The van der Waals surface area contributed by atoms with Crippen molar-refractivity contribution in [1.29, 1.82) is 0 Å². The largest absolute Gasteiger partial charge is 0.508 e. The SMILES string of the molecule is C=CCCC(=O)Oc1cnc(-c2ccc(O)cc2)s1. The molecule has 1 N–H and O–H groups in total. The van der Waals surface area contributed by atoms with E-state index in [1.165, 1.54) is 17.5 Å². The van der Waals surface area contributed by atoms with Gasteiger partial charge in [-0.05, 0) is 30.7 Å². The molecule has 0 saturated carbocycles.